The fraction of sp³-hybridized carbons (Fsp3) is 0.857. The number of rotatable bonds is 1. The summed E-state index contributed by atoms with van der Waals surface area (Å²) in [5.74, 6) is 0. The fourth-order valence-electron chi connectivity index (χ4n) is 0.623. The standard InChI is InChI=1S/C7H16N2S/c1-6(9-8-5)10-7(2,3)4/h8H,1-5H3/b9-6+. The number of nitrogens with zero attached hydrogens (tertiary/aromatic N) is 1. The van der Waals surface area contributed by atoms with Crippen molar-refractivity contribution in [2.24, 2.45) is 5.10 Å². The van der Waals surface area contributed by atoms with Gasteiger partial charge in [-0.1, -0.05) is 20.8 Å². The van der Waals surface area contributed by atoms with Crippen LogP contribution in [0.25, 0.3) is 0 Å². The molecule has 0 spiro atoms. The molecule has 0 saturated carbocycles. The Morgan fingerprint density at radius 1 is 1.40 bits per heavy atom. The third kappa shape index (κ3) is 5.95. The van der Waals surface area contributed by atoms with Gasteiger partial charge in [-0.25, -0.2) is 0 Å². The van der Waals surface area contributed by atoms with E-state index in [4.69, 9.17) is 0 Å². The average molecular weight is 160 g/mol. The summed E-state index contributed by atoms with van der Waals surface area (Å²) in [5.41, 5.74) is 2.76. The van der Waals surface area contributed by atoms with E-state index in [-0.39, 0.29) is 4.75 Å². The number of thioether (sulfide) groups is 1. The lowest BCUT2D eigenvalue weighted by molar-refractivity contribution is 0.808. The van der Waals surface area contributed by atoms with E-state index in [1.54, 1.807) is 11.8 Å². The predicted molar refractivity (Wildman–Crippen MR) is 49.5 cm³/mol. The van der Waals surface area contributed by atoms with Crippen molar-refractivity contribution >= 4 is 16.8 Å². The first-order chi connectivity index (χ1) is 4.45. The maximum atomic E-state index is 4.04. The van der Waals surface area contributed by atoms with Crippen molar-refractivity contribution in [3.8, 4) is 0 Å². The van der Waals surface area contributed by atoms with Gasteiger partial charge in [-0.15, -0.1) is 11.8 Å². The Bertz CT molecular complexity index is 124. The molecular formula is C7H16N2S. The molecule has 0 fully saturated rings. The van der Waals surface area contributed by atoms with Gasteiger partial charge in [-0.3, -0.25) is 0 Å². The molecule has 10 heavy (non-hydrogen) atoms. The first kappa shape index (κ1) is 9.82. The van der Waals surface area contributed by atoms with Crippen molar-refractivity contribution < 1.29 is 0 Å². The Balaban J connectivity index is 3.79. The zero-order chi connectivity index (χ0) is 8.20. The average Bonchev–Trinajstić information content (AvgIpc) is 1.59. The lowest BCUT2D eigenvalue weighted by atomic mass is 10.3. The summed E-state index contributed by atoms with van der Waals surface area (Å²) in [5, 5.41) is 5.12. The highest BCUT2D eigenvalue weighted by atomic mass is 32.2. The molecule has 0 rings (SSSR count). The summed E-state index contributed by atoms with van der Waals surface area (Å²) in [6.45, 7) is 8.53. The van der Waals surface area contributed by atoms with Crippen molar-refractivity contribution in [3.05, 3.63) is 0 Å². The molecule has 0 aromatic rings. The van der Waals surface area contributed by atoms with Crippen LogP contribution in [0, 0.1) is 0 Å². The van der Waals surface area contributed by atoms with Crippen LogP contribution in [0.4, 0.5) is 0 Å². The Morgan fingerprint density at radius 3 is 2.20 bits per heavy atom. The van der Waals surface area contributed by atoms with Crippen molar-refractivity contribution in [2.75, 3.05) is 7.05 Å². The topological polar surface area (TPSA) is 24.4 Å². The van der Waals surface area contributed by atoms with Gasteiger partial charge in [0.15, 0.2) is 0 Å². The van der Waals surface area contributed by atoms with E-state index in [1.807, 2.05) is 14.0 Å². The molecule has 0 bridgehead atoms. The molecule has 0 aromatic heterocycles. The van der Waals surface area contributed by atoms with Gasteiger partial charge in [-0.05, 0) is 6.92 Å². The fourth-order valence-corrected chi connectivity index (χ4v) is 1.65. The molecule has 0 aromatic carbocycles. The van der Waals surface area contributed by atoms with E-state index in [1.165, 1.54) is 0 Å². The van der Waals surface area contributed by atoms with E-state index >= 15 is 0 Å². The molecule has 1 N–H and O–H groups in total. The summed E-state index contributed by atoms with van der Waals surface area (Å²) in [7, 11) is 1.81. The normalized spacial score (nSPS) is 13.5. The molecule has 0 amide bonds. The molecule has 0 aliphatic rings. The second kappa shape index (κ2) is 3.86. The van der Waals surface area contributed by atoms with Crippen molar-refractivity contribution in [1.29, 1.82) is 0 Å². The van der Waals surface area contributed by atoms with E-state index in [0.29, 0.717) is 0 Å². The van der Waals surface area contributed by atoms with Crippen LogP contribution in [0.5, 0.6) is 0 Å². The molecule has 0 unspecified atom stereocenters. The predicted octanol–water partition coefficient (Wildman–Crippen LogP) is 2.07. The highest BCUT2D eigenvalue weighted by Gasteiger charge is 2.11. The molecule has 0 heterocycles. The number of hydrazone groups is 1. The van der Waals surface area contributed by atoms with Gasteiger partial charge in [0, 0.05) is 11.8 Å². The third-order valence-corrected chi connectivity index (χ3v) is 1.72. The van der Waals surface area contributed by atoms with Crippen molar-refractivity contribution in [3.63, 3.8) is 0 Å². The van der Waals surface area contributed by atoms with E-state index in [0.717, 1.165) is 5.04 Å². The minimum atomic E-state index is 0.268. The minimum absolute atomic E-state index is 0.268. The molecule has 2 nitrogen and oxygen atoms in total. The Labute approximate surface area is 67.5 Å². The Kier molecular flexibility index (Phi) is 3.79. The van der Waals surface area contributed by atoms with Crippen LogP contribution in [0.2, 0.25) is 0 Å². The van der Waals surface area contributed by atoms with Gasteiger partial charge in [0.25, 0.3) is 0 Å². The van der Waals surface area contributed by atoms with Crippen molar-refractivity contribution in [1.82, 2.24) is 5.43 Å². The molecule has 0 radical (unpaired) electrons. The van der Waals surface area contributed by atoms with Crippen LogP contribution in [-0.2, 0) is 0 Å². The number of hydrogen-bond donors (Lipinski definition) is 1. The van der Waals surface area contributed by atoms with Crippen molar-refractivity contribution in [2.45, 2.75) is 32.4 Å². The summed E-state index contributed by atoms with van der Waals surface area (Å²) < 4.78 is 0.268. The molecule has 0 saturated heterocycles. The first-order valence-corrected chi connectivity index (χ1v) is 4.17. The van der Waals surface area contributed by atoms with Gasteiger partial charge in [-0.2, -0.15) is 5.10 Å². The van der Waals surface area contributed by atoms with E-state index in [2.05, 4.69) is 31.3 Å². The summed E-state index contributed by atoms with van der Waals surface area (Å²) in [6.07, 6.45) is 0. The van der Waals surface area contributed by atoms with Gasteiger partial charge in [0.2, 0.25) is 0 Å². The molecule has 0 aliphatic carbocycles. The van der Waals surface area contributed by atoms with Gasteiger partial charge >= 0.3 is 0 Å². The number of nitrogens with one attached hydrogen (secondary N) is 1. The summed E-state index contributed by atoms with van der Waals surface area (Å²) in [4.78, 5) is 0. The number of hydrogen-bond acceptors (Lipinski definition) is 3. The monoisotopic (exact) mass is 160 g/mol. The third-order valence-electron chi connectivity index (χ3n) is 0.723. The quantitative estimate of drug-likeness (QED) is 0.361. The highest BCUT2D eigenvalue weighted by molar-refractivity contribution is 8.14. The minimum Gasteiger partial charge on any atom is -0.312 e. The van der Waals surface area contributed by atoms with Gasteiger partial charge in [0.05, 0.1) is 5.04 Å². The molecule has 3 heteroatoms. The van der Waals surface area contributed by atoms with Crippen LogP contribution in [-0.4, -0.2) is 16.8 Å². The molecular weight excluding hydrogens is 144 g/mol. The molecule has 60 valence electrons. The summed E-state index contributed by atoms with van der Waals surface area (Å²) >= 11 is 1.77. The maximum Gasteiger partial charge on any atom is 0.0905 e. The second-order valence-corrected chi connectivity index (χ2v) is 5.09. The second-order valence-electron chi connectivity index (χ2n) is 3.07. The largest absolute Gasteiger partial charge is 0.312 e. The van der Waals surface area contributed by atoms with Crippen LogP contribution < -0.4 is 5.43 Å². The van der Waals surface area contributed by atoms with Crippen LogP contribution in [0.3, 0.4) is 0 Å². The van der Waals surface area contributed by atoms with Crippen LogP contribution in [0.15, 0.2) is 5.10 Å². The van der Waals surface area contributed by atoms with E-state index < -0.39 is 0 Å². The lowest BCUT2D eigenvalue weighted by Crippen LogP contribution is -2.11. The molecule has 0 atom stereocenters. The van der Waals surface area contributed by atoms with Gasteiger partial charge < -0.3 is 5.43 Å². The van der Waals surface area contributed by atoms with Crippen LogP contribution in [0.1, 0.15) is 27.7 Å². The first-order valence-electron chi connectivity index (χ1n) is 3.36. The van der Waals surface area contributed by atoms with E-state index in [9.17, 15) is 0 Å². The van der Waals surface area contributed by atoms with Gasteiger partial charge in [0.1, 0.15) is 0 Å². The molecule has 0 aliphatic heterocycles. The SMILES string of the molecule is CN/N=C(\C)SC(C)(C)C. The Morgan fingerprint density at radius 2 is 1.90 bits per heavy atom. The zero-order valence-corrected chi connectivity index (χ0v) is 8.17. The summed E-state index contributed by atoms with van der Waals surface area (Å²) in [6, 6.07) is 0. The highest BCUT2D eigenvalue weighted by Crippen LogP contribution is 2.23. The lowest BCUT2D eigenvalue weighted by Gasteiger charge is -2.16. The smallest absolute Gasteiger partial charge is 0.0905 e. The van der Waals surface area contributed by atoms with Crippen LogP contribution >= 0.6 is 11.8 Å². The zero-order valence-electron chi connectivity index (χ0n) is 7.36. The Hall–Kier alpha value is -0.180. The maximum absolute atomic E-state index is 4.04.